The summed E-state index contributed by atoms with van der Waals surface area (Å²) in [6.07, 6.45) is 1.55. The van der Waals surface area contributed by atoms with Gasteiger partial charge in [0.15, 0.2) is 0 Å². The molecule has 1 amide bonds. The van der Waals surface area contributed by atoms with Gasteiger partial charge in [0.2, 0.25) is 0 Å². The smallest absolute Gasteiger partial charge is 0.335 e. The number of carbonyl (C=O) groups excluding carboxylic acids is 1. The molecule has 2 rings (SSSR count). The van der Waals surface area contributed by atoms with E-state index in [9.17, 15) is 9.59 Å². The van der Waals surface area contributed by atoms with Gasteiger partial charge in [-0.25, -0.2) is 4.79 Å². The van der Waals surface area contributed by atoms with Crippen LogP contribution >= 0.6 is 0 Å². The van der Waals surface area contributed by atoms with Crippen LogP contribution in [-0.4, -0.2) is 42.1 Å². The molecule has 1 heterocycles. The van der Waals surface area contributed by atoms with E-state index in [0.717, 1.165) is 5.56 Å². The minimum atomic E-state index is -1.06. The Balaban J connectivity index is 2.27. The Morgan fingerprint density at radius 3 is 2.61 bits per heavy atom. The molecular weight excluding hydrogens is 298 g/mol. The third-order valence-electron chi connectivity index (χ3n) is 3.35. The largest absolute Gasteiger partial charge is 0.478 e. The van der Waals surface area contributed by atoms with Crippen LogP contribution in [0, 0.1) is 6.92 Å². The van der Waals surface area contributed by atoms with Gasteiger partial charge in [-0.05, 0) is 42.8 Å². The number of carboxylic acid groups (broad SMARTS) is 1. The predicted octanol–water partition coefficient (Wildman–Crippen LogP) is 2.58. The second-order valence-electron chi connectivity index (χ2n) is 5.19. The second-order valence-corrected chi connectivity index (χ2v) is 5.19. The molecule has 0 aliphatic heterocycles. The summed E-state index contributed by atoms with van der Waals surface area (Å²) in [4.78, 5) is 25.5. The fourth-order valence-electron chi connectivity index (χ4n) is 2.26. The van der Waals surface area contributed by atoms with Crippen LogP contribution in [0.2, 0.25) is 0 Å². The number of hydrogen-bond acceptors (Lipinski definition) is 4. The van der Waals surface area contributed by atoms with Crippen molar-refractivity contribution in [2.45, 2.75) is 13.5 Å². The molecule has 1 aromatic carbocycles. The monoisotopic (exact) mass is 317 g/mol. The number of carboxylic acids is 1. The SMILES string of the molecule is COCCN(Cc1ccco1)C(=O)c1cc(C)cc(C(=O)O)c1. The molecule has 1 N–H and O–H groups in total. The van der Waals surface area contributed by atoms with Crippen LogP contribution in [0.5, 0.6) is 0 Å². The van der Waals surface area contributed by atoms with Gasteiger partial charge >= 0.3 is 5.97 Å². The highest BCUT2D eigenvalue weighted by molar-refractivity contribution is 5.97. The minimum Gasteiger partial charge on any atom is -0.478 e. The number of rotatable bonds is 7. The second kappa shape index (κ2) is 7.60. The maximum Gasteiger partial charge on any atom is 0.335 e. The molecule has 0 aliphatic rings. The Hall–Kier alpha value is -2.60. The quantitative estimate of drug-likeness (QED) is 0.849. The molecular formula is C17H19NO5. The van der Waals surface area contributed by atoms with Crippen molar-refractivity contribution in [3.8, 4) is 0 Å². The minimum absolute atomic E-state index is 0.0954. The van der Waals surface area contributed by atoms with E-state index in [1.54, 1.807) is 43.4 Å². The van der Waals surface area contributed by atoms with Gasteiger partial charge in [0.1, 0.15) is 5.76 Å². The first-order chi connectivity index (χ1) is 11.0. The lowest BCUT2D eigenvalue weighted by molar-refractivity contribution is 0.0666. The molecule has 1 aromatic heterocycles. The lowest BCUT2D eigenvalue weighted by Crippen LogP contribution is -2.33. The Morgan fingerprint density at radius 1 is 1.26 bits per heavy atom. The Labute approximate surface area is 134 Å². The lowest BCUT2D eigenvalue weighted by atomic mass is 10.1. The predicted molar refractivity (Wildman–Crippen MR) is 83.5 cm³/mol. The van der Waals surface area contributed by atoms with Crippen molar-refractivity contribution in [3.63, 3.8) is 0 Å². The number of aromatic carboxylic acids is 1. The van der Waals surface area contributed by atoms with E-state index in [2.05, 4.69) is 0 Å². The molecule has 2 aromatic rings. The Morgan fingerprint density at radius 2 is 2.00 bits per heavy atom. The number of benzene rings is 1. The highest BCUT2D eigenvalue weighted by atomic mass is 16.5. The summed E-state index contributed by atoms with van der Waals surface area (Å²) >= 11 is 0. The van der Waals surface area contributed by atoms with Gasteiger partial charge in [-0.3, -0.25) is 4.79 Å². The summed E-state index contributed by atoms with van der Waals surface area (Å²) in [6, 6.07) is 8.14. The van der Waals surface area contributed by atoms with Crippen molar-refractivity contribution in [3.05, 3.63) is 59.0 Å². The van der Waals surface area contributed by atoms with Crippen LogP contribution in [0.15, 0.2) is 41.0 Å². The highest BCUT2D eigenvalue weighted by Crippen LogP contribution is 2.15. The summed E-state index contributed by atoms with van der Waals surface area (Å²) in [5.74, 6) is -0.664. The van der Waals surface area contributed by atoms with Crippen molar-refractivity contribution >= 4 is 11.9 Å². The van der Waals surface area contributed by atoms with Gasteiger partial charge in [0.25, 0.3) is 5.91 Å². The standard InChI is InChI=1S/C17H19NO5/c1-12-8-13(10-14(9-12)17(20)21)16(19)18(5-7-22-2)11-15-4-3-6-23-15/h3-4,6,8-10H,5,7,11H2,1-2H3,(H,20,21). The first kappa shape index (κ1) is 16.8. The molecule has 122 valence electrons. The molecule has 0 fully saturated rings. The molecule has 23 heavy (non-hydrogen) atoms. The normalized spacial score (nSPS) is 10.5. The maximum absolute atomic E-state index is 12.7. The van der Waals surface area contributed by atoms with E-state index in [1.807, 2.05) is 0 Å². The van der Waals surface area contributed by atoms with E-state index >= 15 is 0 Å². The summed E-state index contributed by atoms with van der Waals surface area (Å²) in [7, 11) is 1.56. The van der Waals surface area contributed by atoms with Crippen LogP contribution in [0.3, 0.4) is 0 Å². The van der Waals surface area contributed by atoms with Gasteiger partial charge in [-0.15, -0.1) is 0 Å². The zero-order valence-corrected chi connectivity index (χ0v) is 13.1. The zero-order chi connectivity index (χ0) is 16.8. The molecule has 0 radical (unpaired) electrons. The third kappa shape index (κ3) is 4.43. The van der Waals surface area contributed by atoms with E-state index in [4.69, 9.17) is 14.3 Å². The van der Waals surface area contributed by atoms with E-state index in [0.29, 0.717) is 31.0 Å². The summed E-state index contributed by atoms with van der Waals surface area (Å²) in [5, 5.41) is 9.14. The van der Waals surface area contributed by atoms with Crippen molar-refractivity contribution in [1.29, 1.82) is 0 Å². The fraction of sp³-hybridized carbons (Fsp3) is 0.294. The topological polar surface area (TPSA) is 80.0 Å². The number of aryl methyl sites for hydroxylation is 1. The van der Waals surface area contributed by atoms with Crippen LogP contribution in [0.25, 0.3) is 0 Å². The number of ether oxygens (including phenoxy) is 1. The van der Waals surface area contributed by atoms with Crippen LogP contribution in [0.1, 0.15) is 32.0 Å². The molecule has 0 bridgehead atoms. The average Bonchev–Trinajstić information content (AvgIpc) is 3.03. The van der Waals surface area contributed by atoms with Gasteiger partial charge in [0, 0.05) is 19.2 Å². The molecule has 0 unspecified atom stereocenters. The molecule has 0 atom stereocenters. The molecule has 0 spiro atoms. The molecule has 0 saturated carbocycles. The fourth-order valence-corrected chi connectivity index (χ4v) is 2.26. The van der Waals surface area contributed by atoms with Crippen molar-refractivity contribution in [2.24, 2.45) is 0 Å². The highest BCUT2D eigenvalue weighted by Gasteiger charge is 2.19. The van der Waals surface area contributed by atoms with Crippen LogP contribution in [-0.2, 0) is 11.3 Å². The molecule has 6 nitrogen and oxygen atoms in total. The van der Waals surface area contributed by atoms with Gasteiger partial charge in [-0.2, -0.15) is 0 Å². The molecule has 0 aliphatic carbocycles. The lowest BCUT2D eigenvalue weighted by Gasteiger charge is -2.21. The van der Waals surface area contributed by atoms with Gasteiger partial charge < -0.3 is 19.2 Å². The van der Waals surface area contributed by atoms with Crippen molar-refractivity contribution in [1.82, 2.24) is 4.90 Å². The summed E-state index contributed by atoms with van der Waals surface area (Å²) in [5.41, 5.74) is 1.15. The number of methoxy groups -OCH3 is 1. The first-order valence-corrected chi connectivity index (χ1v) is 7.17. The van der Waals surface area contributed by atoms with Crippen LogP contribution in [0.4, 0.5) is 0 Å². The number of carbonyl (C=O) groups is 2. The first-order valence-electron chi connectivity index (χ1n) is 7.17. The zero-order valence-electron chi connectivity index (χ0n) is 13.1. The molecule has 6 heteroatoms. The summed E-state index contributed by atoms with van der Waals surface area (Å²) in [6.45, 7) is 2.82. The van der Waals surface area contributed by atoms with Crippen molar-refractivity contribution in [2.75, 3.05) is 20.3 Å². The Bertz CT molecular complexity index is 678. The Kier molecular flexibility index (Phi) is 5.54. The number of amides is 1. The number of furan rings is 1. The average molecular weight is 317 g/mol. The third-order valence-corrected chi connectivity index (χ3v) is 3.35. The maximum atomic E-state index is 12.7. The van der Waals surface area contributed by atoms with Gasteiger partial charge in [0.05, 0.1) is 25.0 Å². The van der Waals surface area contributed by atoms with E-state index in [-0.39, 0.29) is 11.5 Å². The molecule has 0 saturated heterocycles. The van der Waals surface area contributed by atoms with Crippen LogP contribution < -0.4 is 0 Å². The summed E-state index contributed by atoms with van der Waals surface area (Å²) < 4.78 is 10.3. The van der Waals surface area contributed by atoms with Gasteiger partial charge in [-0.1, -0.05) is 0 Å². The number of nitrogens with zero attached hydrogens (tertiary/aromatic N) is 1. The van der Waals surface area contributed by atoms with Crippen molar-refractivity contribution < 1.29 is 23.8 Å². The number of hydrogen-bond donors (Lipinski definition) is 1. The van der Waals surface area contributed by atoms with E-state index in [1.165, 1.54) is 12.1 Å². The van der Waals surface area contributed by atoms with E-state index < -0.39 is 5.97 Å².